The molecule has 1 N–H and O–H groups in total. The Morgan fingerprint density at radius 2 is 2.26 bits per heavy atom. The van der Waals surface area contributed by atoms with Crippen molar-refractivity contribution in [2.45, 2.75) is 26.4 Å². The van der Waals surface area contributed by atoms with Crippen LogP contribution in [0, 0.1) is 6.92 Å². The van der Waals surface area contributed by atoms with Crippen LogP contribution in [0.2, 0.25) is 0 Å². The number of furan rings is 1. The van der Waals surface area contributed by atoms with Crippen molar-refractivity contribution in [2.24, 2.45) is 0 Å². The first kappa shape index (κ1) is 16.0. The van der Waals surface area contributed by atoms with E-state index in [2.05, 4.69) is 21.0 Å². The molecule has 0 fully saturated rings. The summed E-state index contributed by atoms with van der Waals surface area (Å²) in [6, 6.07) is 7.81. The lowest BCUT2D eigenvalue weighted by Crippen LogP contribution is -2.36. The largest absolute Gasteiger partial charge is 0.469 e. The summed E-state index contributed by atoms with van der Waals surface area (Å²) in [6.07, 6.45) is 6.00. The van der Waals surface area contributed by atoms with E-state index in [4.69, 9.17) is 9.40 Å². The lowest BCUT2D eigenvalue weighted by molar-refractivity contribution is 0.240. The monoisotopic (exact) mass is 361 g/mol. The van der Waals surface area contributed by atoms with Crippen LogP contribution in [-0.2, 0) is 19.5 Å². The van der Waals surface area contributed by atoms with Gasteiger partial charge in [0, 0.05) is 49.2 Å². The van der Waals surface area contributed by atoms with Gasteiger partial charge in [-0.1, -0.05) is 6.07 Å². The fourth-order valence-electron chi connectivity index (χ4n) is 3.73. The number of aryl methyl sites for hydroxylation is 1. The fourth-order valence-corrected chi connectivity index (χ4v) is 3.73. The number of nitrogens with one attached hydrogen (secondary N) is 1. The number of H-pyrrole nitrogens is 1. The summed E-state index contributed by atoms with van der Waals surface area (Å²) in [4.78, 5) is 24.2. The molecule has 0 aromatic carbocycles. The van der Waals surface area contributed by atoms with Gasteiger partial charge in [0.15, 0.2) is 5.65 Å². The van der Waals surface area contributed by atoms with E-state index in [1.807, 2.05) is 31.3 Å². The van der Waals surface area contributed by atoms with Gasteiger partial charge in [-0.25, -0.2) is 9.50 Å². The Morgan fingerprint density at radius 3 is 3.04 bits per heavy atom. The smallest absolute Gasteiger partial charge is 0.276 e. The number of aromatic amines is 1. The molecule has 0 saturated carbocycles. The van der Waals surface area contributed by atoms with E-state index in [1.54, 1.807) is 12.5 Å². The molecule has 0 atom stereocenters. The Bertz CT molecular complexity index is 1170. The standard InChI is InChI=1S/C20H19N5O2/c1-13-15(5-8-27-13)17-9-19-22-18-12-24(11-14-3-2-6-21-10-14)7-4-16(18)20(26)25(19)23-17/h2-3,5-6,8-10,23H,4,7,11-12H2,1H3. The predicted octanol–water partition coefficient (Wildman–Crippen LogP) is 2.54. The third-order valence-electron chi connectivity index (χ3n) is 5.12. The number of pyridine rings is 1. The van der Waals surface area contributed by atoms with Crippen LogP contribution in [0.5, 0.6) is 0 Å². The summed E-state index contributed by atoms with van der Waals surface area (Å²) in [5.41, 5.74) is 5.23. The summed E-state index contributed by atoms with van der Waals surface area (Å²) in [7, 11) is 0. The maximum atomic E-state index is 12.9. The molecule has 4 aromatic heterocycles. The Balaban J connectivity index is 1.51. The molecule has 5 rings (SSSR count). The molecule has 0 aliphatic carbocycles. The first-order chi connectivity index (χ1) is 13.2. The van der Waals surface area contributed by atoms with Crippen LogP contribution in [0.1, 0.15) is 22.6 Å². The van der Waals surface area contributed by atoms with E-state index >= 15 is 0 Å². The Morgan fingerprint density at radius 1 is 1.33 bits per heavy atom. The second kappa shape index (κ2) is 6.21. The van der Waals surface area contributed by atoms with Crippen molar-refractivity contribution in [1.29, 1.82) is 0 Å². The zero-order valence-corrected chi connectivity index (χ0v) is 15.0. The van der Waals surface area contributed by atoms with Crippen LogP contribution in [-0.4, -0.2) is 31.0 Å². The van der Waals surface area contributed by atoms with Crippen molar-refractivity contribution in [1.82, 2.24) is 24.5 Å². The summed E-state index contributed by atoms with van der Waals surface area (Å²) >= 11 is 0. The molecule has 0 saturated heterocycles. The highest BCUT2D eigenvalue weighted by molar-refractivity contribution is 5.65. The normalized spacial score (nSPS) is 14.6. The lowest BCUT2D eigenvalue weighted by Gasteiger charge is -2.27. The van der Waals surface area contributed by atoms with Gasteiger partial charge in [0.05, 0.1) is 17.7 Å². The minimum absolute atomic E-state index is 0.0107. The van der Waals surface area contributed by atoms with Gasteiger partial charge in [-0.05, 0) is 31.0 Å². The summed E-state index contributed by atoms with van der Waals surface area (Å²) in [5.74, 6) is 0.807. The minimum Gasteiger partial charge on any atom is -0.469 e. The first-order valence-electron chi connectivity index (χ1n) is 8.98. The van der Waals surface area contributed by atoms with Crippen molar-refractivity contribution in [2.75, 3.05) is 6.54 Å². The van der Waals surface area contributed by atoms with Crippen LogP contribution in [0.25, 0.3) is 16.9 Å². The second-order valence-corrected chi connectivity index (χ2v) is 6.92. The molecule has 0 amide bonds. The number of hydrogen-bond donors (Lipinski definition) is 1. The van der Waals surface area contributed by atoms with Gasteiger partial charge in [0.1, 0.15) is 5.76 Å². The SMILES string of the molecule is Cc1occc1-c1cc2nc3c(c(=O)n2[nH]1)CCN(Cc1cccnc1)C3. The predicted molar refractivity (Wildman–Crippen MR) is 100 cm³/mol. The molecule has 27 heavy (non-hydrogen) atoms. The molecular weight excluding hydrogens is 342 g/mol. The topological polar surface area (TPSA) is 79.4 Å². The molecule has 7 nitrogen and oxygen atoms in total. The zero-order valence-electron chi connectivity index (χ0n) is 15.0. The van der Waals surface area contributed by atoms with Gasteiger partial charge < -0.3 is 4.42 Å². The molecule has 136 valence electrons. The van der Waals surface area contributed by atoms with E-state index in [9.17, 15) is 4.79 Å². The van der Waals surface area contributed by atoms with Gasteiger partial charge in [-0.3, -0.25) is 19.8 Å². The van der Waals surface area contributed by atoms with E-state index < -0.39 is 0 Å². The average Bonchev–Trinajstić information content (AvgIpc) is 3.28. The molecule has 1 aliphatic heterocycles. The van der Waals surface area contributed by atoms with Crippen molar-refractivity contribution < 1.29 is 4.42 Å². The number of rotatable bonds is 3. The molecule has 0 unspecified atom stereocenters. The van der Waals surface area contributed by atoms with Crippen LogP contribution < -0.4 is 5.56 Å². The van der Waals surface area contributed by atoms with Crippen LogP contribution in [0.4, 0.5) is 0 Å². The molecule has 1 aliphatic rings. The summed E-state index contributed by atoms with van der Waals surface area (Å²) in [5, 5.41) is 3.17. The second-order valence-electron chi connectivity index (χ2n) is 6.92. The highest BCUT2D eigenvalue weighted by atomic mass is 16.3. The fraction of sp³-hybridized carbons (Fsp3) is 0.250. The third kappa shape index (κ3) is 2.76. The quantitative estimate of drug-likeness (QED) is 0.607. The van der Waals surface area contributed by atoms with Gasteiger partial charge >= 0.3 is 0 Å². The Kier molecular flexibility index (Phi) is 3.68. The van der Waals surface area contributed by atoms with Gasteiger partial charge in [-0.2, -0.15) is 0 Å². The number of hydrogen-bond acceptors (Lipinski definition) is 5. The van der Waals surface area contributed by atoms with Gasteiger partial charge in [0.2, 0.25) is 0 Å². The molecule has 5 heterocycles. The van der Waals surface area contributed by atoms with E-state index in [0.717, 1.165) is 46.9 Å². The maximum absolute atomic E-state index is 12.9. The van der Waals surface area contributed by atoms with Crippen molar-refractivity contribution in [3.63, 3.8) is 0 Å². The van der Waals surface area contributed by atoms with Crippen LogP contribution in [0.3, 0.4) is 0 Å². The Labute approximate surface area is 155 Å². The van der Waals surface area contributed by atoms with Crippen molar-refractivity contribution in [3.05, 3.63) is 75.9 Å². The zero-order chi connectivity index (χ0) is 18.4. The van der Waals surface area contributed by atoms with Crippen molar-refractivity contribution >= 4 is 5.65 Å². The highest BCUT2D eigenvalue weighted by Crippen LogP contribution is 2.24. The number of fused-ring (bicyclic) bond motifs is 2. The maximum Gasteiger partial charge on any atom is 0.276 e. The average molecular weight is 361 g/mol. The first-order valence-corrected chi connectivity index (χ1v) is 8.98. The lowest BCUT2D eigenvalue weighted by atomic mass is 10.1. The van der Waals surface area contributed by atoms with Crippen molar-refractivity contribution in [3.8, 4) is 11.3 Å². The molecule has 0 spiro atoms. The summed E-state index contributed by atoms with van der Waals surface area (Å²) < 4.78 is 6.92. The highest BCUT2D eigenvalue weighted by Gasteiger charge is 2.23. The van der Waals surface area contributed by atoms with E-state index in [0.29, 0.717) is 18.6 Å². The molecule has 0 radical (unpaired) electrons. The van der Waals surface area contributed by atoms with Gasteiger partial charge in [-0.15, -0.1) is 0 Å². The van der Waals surface area contributed by atoms with Gasteiger partial charge in [0.25, 0.3) is 5.56 Å². The molecule has 7 heteroatoms. The number of nitrogens with zero attached hydrogens (tertiary/aromatic N) is 4. The molecule has 4 aromatic rings. The van der Waals surface area contributed by atoms with E-state index in [1.165, 1.54) is 4.52 Å². The Hall–Kier alpha value is -3.19. The summed E-state index contributed by atoms with van der Waals surface area (Å²) in [6.45, 7) is 4.21. The third-order valence-corrected chi connectivity index (χ3v) is 5.12. The number of aromatic nitrogens is 4. The minimum atomic E-state index is -0.0107. The van der Waals surface area contributed by atoms with Crippen LogP contribution >= 0.6 is 0 Å². The van der Waals surface area contributed by atoms with Crippen LogP contribution in [0.15, 0.2) is 52.1 Å². The molecular formula is C20H19N5O2. The van der Waals surface area contributed by atoms with E-state index in [-0.39, 0.29) is 5.56 Å². The molecule has 0 bridgehead atoms.